The van der Waals surface area contributed by atoms with Crippen molar-refractivity contribution in [2.75, 3.05) is 82.5 Å². The summed E-state index contributed by atoms with van der Waals surface area (Å²) < 4.78 is 34.0. The van der Waals surface area contributed by atoms with E-state index in [1.807, 2.05) is 36.4 Å². The van der Waals surface area contributed by atoms with Gasteiger partial charge in [0.1, 0.15) is 35.4 Å². The first kappa shape index (κ1) is 49.2. The molecule has 0 aliphatic carbocycles. The van der Waals surface area contributed by atoms with Gasteiger partial charge >= 0.3 is 12.1 Å². The Morgan fingerprint density at radius 2 is 1.61 bits per heavy atom. The standard InChI is InChI=1S/C32H34FN5O3.C25H32N4O5/c33-27-28(24-17-22(39)16-20-6-1-2-7-23(20)24)34-25-9-8-21-18-40-15-5-14-38(21)30-26(25)29(27)35-31(36-30)41-19-32-10-3-12-37(32)13-4-11-32;1-34-25(33)28-12-8-17(9-13-28)16-6-10-27(11-7-16)19-2-3-20-18(14-19)15-29(24(20)32)21-4-5-22(30)26-23(21)31/h1-2,6-7,16-17,21,39H,3-5,8-15,18-19H2;2-3,14,16-17,21H,4-13,15H2,1H3,(H,26,30,31). The lowest BCUT2D eigenvalue weighted by Crippen LogP contribution is -2.52. The molecule has 0 saturated carbocycles. The number of anilines is 2. The number of imide groups is 1. The second kappa shape index (κ2) is 20.5. The largest absolute Gasteiger partial charge is 0.508 e. The zero-order chi connectivity index (χ0) is 51.4. The molecule has 394 valence electrons. The van der Waals surface area contributed by atoms with E-state index < -0.39 is 11.9 Å². The van der Waals surface area contributed by atoms with Gasteiger partial charge in [-0.1, -0.05) is 24.3 Å². The molecule has 8 aliphatic rings. The summed E-state index contributed by atoms with van der Waals surface area (Å²) in [5, 5.41) is 15.2. The average Bonchev–Trinajstić information content (AvgIpc) is 4.02. The minimum Gasteiger partial charge on any atom is -0.508 e. The summed E-state index contributed by atoms with van der Waals surface area (Å²) in [6.45, 7) is 8.70. The van der Waals surface area contributed by atoms with Gasteiger partial charge < -0.3 is 38.9 Å². The summed E-state index contributed by atoms with van der Waals surface area (Å²) in [6.07, 6.45) is 11.7. The van der Waals surface area contributed by atoms with Crippen LogP contribution in [0.3, 0.4) is 0 Å². The molecule has 17 nitrogen and oxygen atoms in total. The van der Waals surface area contributed by atoms with E-state index in [9.17, 15) is 24.3 Å². The van der Waals surface area contributed by atoms with Gasteiger partial charge in [-0.2, -0.15) is 9.97 Å². The number of nitrogens with zero attached hydrogens (tertiary/aromatic N) is 8. The first-order valence-corrected chi connectivity index (χ1v) is 27.2. The van der Waals surface area contributed by atoms with Crippen molar-refractivity contribution in [1.29, 1.82) is 0 Å². The van der Waals surface area contributed by atoms with Gasteiger partial charge in [0.25, 0.3) is 5.91 Å². The van der Waals surface area contributed by atoms with E-state index in [4.69, 9.17) is 29.2 Å². The molecule has 0 bridgehead atoms. The number of halogens is 1. The van der Waals surface area contributed by atoms with Crippen LogP contribution < -0.4 is 19.9 Å². The number of benzene rings is 3. The van der Waals surface area contributed by atoms with E-state index in [2.05, 4.69) is 26.1 Å². The van der Waals surface area contributed by atoms with Crippen molar-refractivity contribution < 1.29 is 42.9 Å². The molecule has 2 N–H and O–H groups in total. The summed E-state index contributed by atoms with van der Waals surface area (Å²) in [4.78, 5) is 73.7. The molecule has 0 spiro atoms. The Morgan fingerprint density at radius 3 is 2.39 bits per heavy atom. The van der Waals surface area contributed by atoms with Gasteiger partial charge in [-0.3, -0.25) is 24.6 Å². The van der Waals surface area contributed by atoms with Crippen molar-refractivity contribution in [1.82, 2.24) is 35.0 Å². The minimum absolute atomic E-state index is 0.0268. The first-order chi connectivity index (χ1) is 36.5. The number of pyridine rings is 1. The van der Waals surface area contributed by atoms with Crippen molar-refractivity contribution in [3.05, 3.63) is 77.2 Å². The number of amides is 4. The number of phenols is 1. The zero-order valence-corrected chi connectivity index (χ0v) is 42.7. The summed E-state index contributed by atoms with van der Waals surface area (Å²) in [5.74, 6) is 0.798. The maximum atomic E-state index is 16.8. The highest BCUT2D eigenvalue weighted by atomic mass is 19.1. The third kappa shape index (κ3) is 9.35. The average molecular weight is 1020 g/mol. The topological polar surface area (TPSA) is 183 Å². The van der Waals surface area contributed by atoms with Crippen LogP contribution in [-0.2, 0) is 32.0 Å². The Kier molecular flexibility index (Phi) is 13.4. The number of phenolic OH excluding ortho intramolecular Hbond substituents is 1. The molecule has 5 aromatic rings. The van der Waals surface area contributed by atoms with Gasteiger partial charge in [0.15, 0.2) is 5.82 Å². The summed E-state index contributed by atoms with van der Waals surface area (Å²) in [6, 6.07) is 16.7. The van der Waals surface area contributed by atoms with Crippen molar-refractivity contribution in [2.45, 2.75) is 108 Å². The van der Waals surface area contributed by atoms with Crippen LogP contribution in [0.25, 0.3) is 32.9 Å². The molecule has 2 atom stereocenters. The van der Waals surface area contributed by atoms with E-state index in [0.29, 0.717) is 73.4 Å². The van der Waals surface area contributed by atoms with Crippen molar-refractivity contribution in [3.8, 4) is 23.0 Å². The van der Waals surface area contributed by atoms with E-state index in [1.165, 1.54) is 20.0 Å². The number of rotatable bonds is 7. The summed E-state index contributed by atoms with van der Waals surface area (Å²) in [7, 11) is 1.44. The monoisotopic (exact) mass is 1020 g/mol. The van der Waals surface area contributed by atoms with Crippen LogP contribution in [0.4, 0.5) is 20.7 Å². The number of aryl methyl sites for hydroxylation is 1. The molecule has 18 heteroatoms. The lowest BCUT2D eigenvalue weighted by atomic mass is 9.79. The predicted molar refractivity (Wildman–Crippen MR) is 279 cm³/mol. The molecule has 2 aromatic heterocycles. The molecule has 8 aliphatic heterocycles. The number of aromatic hydroxyl groups is 1. The molecular weight excluding hydrogens is 958 g/mol. The Morgan fingerprint density at radius 1 is 0.840 bits per heavy atom. The number of aromatic nitrogens is 3. The van der Waals surface area contributed by atoms with Crippen LogP contribution >= 0.6 is 0 Å². The number of likely N-dealkylation sites (tertiary alicyclic amines) is 1. The number of hydrogen-bond donors (Lipinski definition) is 2. The molecule has 0 radical (unpaired) electrons. The number of carbonyl (C=O) groups is 4. The Bertz CT molecular complexity index is 3040. The van der Waals surface area contributed by atoms with Crippen LogP contribution in [0.1, 0.15) is 98.7 Å². The predicted octanol–water partition coefficient (Wildman–Crippen LogP) is 7.38. The highest BCUT2D eigenvalue weighted by molar-refractivity contribution is 6.06. The van der Waals surface area contributed by atoms with Crippen molar-refractivity contribution in [3.63, 3.8) is 0 Å². The molecule has 13 rings (SSSR count). The molecule has 10 heterocycles. The summed E-state index contributed by atoms with van der Waals surface area (Å²) >= 11 is 0. The van der Waals surface area contributed by atoms with E-state index in [0.717, 1.165) is 125 Å². The lowest BCUT2D eigenvalue weighted by Gasteiger charge is -2.40. The Labute approximate surface area is 435 Å². The third-order valence-electron chi connectivity index (χ3n) is 17.7. The number of piperidine rings is 3. The fraction of sp³-hybridized carbons (Fsp3) is 0.526. The molecule has 75 heavy (non-hydrogen) atoms. The quantitative estimate of drug-likeness (QED) is 0.154. The van der Waals surface area contributed by atoms with Crippen LogP contribution in [0.2, 0.25) is 0 Å². The van der Waals surface area contributed by atoms with Crippen LogP contribution in [-0.4, -0.2) is 149 Å². The normalized spacial score (nSPS) is 23.0. The highest BCUT2D eigenvalue weighted by Crippen LogP contribution is 2.43. The SMILES string of the molecule is COC(=O)N1CCC(C2CCN(c3ccc4c(c3)CN(C3CCC(=O)NC3=O)C4=O)CC2)CC1.Oc1cc(-c2nc3c4c(nc(OCC56CCCN5CCC6)nc4c2F)N2CCCOCC2CC3)c2ccccc2c1. The second-order valence-electron chi connectivity index (χ2n) is 21.9. The van der Waals surface area contributed by atoms with Gasteiger partial charge in [0.2, 0.25) is 11.8 Å². The molecule has 4 amide bonds. The van der Waals surface area contributed by atoms with E-state index >= 15 is 4.39 Å². The van der Waals surface area contributed by atoms with E-state index in [-0.39, 0.29) is 64.8 Å². The van der Waals surface area contributed by atoms with Gasteiger partial charge in [0, 0.05) is 69.1 Å². The Hall–Kier alpha value is -6.66. The number of methoxy groups -OCH3 is 1. The van der Waals surface area contributed by atoms with Crippen LogP contribution in [0.15, 0.2) is 54.6 Å². The smallest absolute Gasteiger partial charge is 0.409 e. The maximum Gasteiger partial charge on any atom is 0.409 e. The Balaban J connectivity index is 0.000000155. The molecule has 6 saturated heterocycles. The number of fused-ring (bicyclic) bond motifs is 5. The second-order valence-corrected chi connectivity index (χ2v) is 21.9. The summed E-state index contributed by atoms with van der Waals surface area (Å²) in [5.41, 5.74) is 4.50. The first-order valence-electron chi connectivity index (χ1n) is 27.2. The van der Waals surface area contributed by atoms with Gasteiger partial charge in [0.05, 0.1) is 36.4 Å². The van der Waals surface area contributed by atoms with E-state index in [1.54, 1.807) is 21.9 Å². The zero-order valence-electron chi connectivity index (χ0n) is 42.7. The number of carbonyl (C=O) groups excluding carboxylic acids is 4. The fourth-order valence-corrected chi connectivity index (χ4v) is 13.7. The van der Waals surface area contributed by atoms with Crippen LogP contribution in [0, 0.1) is 17.7 Å². The number of hydrogen-bond acceptors (Lipinski definition) is 14. The molecule has 2 unspecified atom stereocenters. The molecule has 6 fully saturated rings. The van der Waals surface area contributed by atoms with Crippen molar-refractivity contribution in [2.24, 2.45) is 11.8 Å². The van der Waals surface area contributed by atoms with Crippen molar-refractivity contribution >= 4 is 57.0 Å². The third-order valence-corrected chi connectivity index (χ3v) is 17.7. The maximum absolute atomic E-state index is 16.8. The molecular formula is C57H66FN9O8. The number of ether oxygens (including phenoxy) is 3. The minimum atomic E-state index is -0.581. The van der Waals surface area contributed by atoms with Gasteiger partial charge in [-0.25, -0.2) is 14.2 Å². The lowest BCUT2D eigenvalue weighted by molar-refractivity contribution is -0.136. The highest BCUT2D eigenvalue weighted by Gasteiger charge is 2.45. The van der Waals surface area contributed by atoms with Gasteiger partial charge in [-0.15, -0.1) is 0 Å². The number of nitrogens with one attached hydrogen (secondary N) is 1. The fourth-order valence-electron chi connectivity index (χ4n) is 13.7. The van der Waals surface area contributed by atoms with Gasteiger partial charge in [-0.05, 0) is 149 Å². The van der Waals surface area contributed by atoms with Crippen LogP contribution in [0.5, 0.6) is 11.8 Å². The molecule has 3 aromatic carbocycles.